The number of rotatable bonds is 3. The van der Waals surface area contributed by atoms with Gasteiger partial charge < -0.3 is 20.4 Å². The molecule has 6 atom stereocenters. The second kappa shape index (κ2) is 6.85. The molecule has 4 N–H and O–H groups in total. The van der Waals surface area contributed by atoms with E-state index in [2.05, 4.69) is 20.8 Å². The van der Waals surface area contributed by atoms with E-state index in [-0.39, 0.29) is 0 Å². The monoisotopic (exact) mass is 260 g/mol. The number of hydrogen-bond acceptors (Lipinski definition) is 4. The van der Waals surface area contributed by atoms with Gasteiger partial charge in [-0.25, -0.2) is 0 Å². The van der Waals surface area contributed by atoms with Crippen molar-refractivity contribution in [1.29, 1.82) is 0 Å². The fourth-order valence-corrected chi connectivity index (χ4v) is 2.68. The lowest BCUT2D eigenvalue weighted by Crippen LogP contribution is -2.48. The van der Waals surface area contributed by atoms with Gasteiger partial charge in [0, 0.05) is 0 Å². The summed E-state index contributed by atoms with van der Waals surface area (Å²) in [6.45, 7) is 6.23. The Bertz CT molecular complexity index is 242. The van der Waals surface area contributed by atoms with Crippen molar-refractivity contribution in [2.24, 2.45) is 17.8 Å². The van der Waals surface area contributed by atoms with E-state index in [1.807, 2.05) is 0 Å². The van der Waals surface area contributed by atoms with Crippen LogP contribution in [-0.2, 0) is 0 Å². The molecular formula is C14H28O4. The van der Waals surface area contributed by atoms with E-state index >= 15 is 0 Å². The summed E-state index contributed by atoms with van der Waals surface area (Å²) in [5.74, 6) is 1.22. The van der Waals surface area contributed by atoms with Crippen molar-refractivity contribution in [3.05, 3.63) is 0 Å². The fraction of sp³-hybridized carbons (Fsp3) is 1.00. The van der Waals surface area contributed by atoms with Crippen LogP contribution in [-0.4, -0.2) is 44.8 Å². The summed E-state index contributed by atoms with van der Waals surface area (Å²) in [5.41, 5.74) is 0. The Balaban J connectivity index is 0.000000180. The van der Waals surface area contributed by atoms with Gasteiger partial charge in [0.1, 0.15) is 0 Å². The Labute approximate surface area is 110 Å². The predicted octanol–water partition coefficient (Wildman–Crippen LogP) is 0.912. The van der Waals surface area contributed by atoms with E-state index in [0.717, 1.165) is 25.7 Å². The zero-order chi connectivity index (χ0) is 13.9. The number of aliphatic hydroxyl groups is 4. The van der Waals surface area contributed by atoms with Crippen LogP contribution in [0.3, 0.4) is 0 Å². The zero-order valence-electron chi connectivity index (χ0n) is 11.7. The first kappa shape index (κ1) is 15.9. The van der Waals surface area contributed by atoms with E-state index in [4.69, 9.17) is 20.4 Å². The molecule has 0 saturated heterocycles. The molecule has 6 unspecified atom stereocenters. The van der Waals surface area contributed by atoms with Crippen molar-refractivity contribution in [2.45, 2.75) is 70.9 Å². The molecule has 2 rings (SSSR count). The first-order chi connectivity index (χ1) is 8.38. The molecule has 0 heterocycles. The van der Waals surface area contributed by atoms with Crippen molar-refractivity contribution in [1.82, 2.24) is 0 Å². The highest BCUT2D eigenvalue weighted by Gasteiger charge is 2.39. The molecule has 2 aliphatic rings. The molecule has 0 bridgehead atoms. The molecule has 0 radical (unpaired) electrons. The maximum Gasteiger partial charge on any atom is 0.0830 e. The zero-order valence-corrected chi connectivity index (χ0v) is 11.7. The van der Waals surface area contributed by atoms with Crippen molar-refractivity contribution in [3.63, 3.8) is 0 Å². The third-order valence-corrected chi connectivity index (χ3v) is 4.28. The van der Waals surface area contributed by atoms with E-state index in [1.165, 1.54) is 0 Å². The molecule has 0 amide bonds. The molecule has 2 fully saturated rings. The van der Waals surface area contributed by atoms with Crippen molar-refractivity contribution >= 4 is 0 Å². The SMILES string of the molecule is CC(C)C1CC(O)C1O.CCCC1CC(O)C1O. The molecule has 18 heavy (non-hydrogen) atoms. The molecule has 108 valence electrons. The Morgan fingerprint density at radius 3 is 1.72 bits per heavy atom. The average Bonchev–Trinajstić information content (AvgIpc) is 2.35. The van der Waals surface area contributed by atoms with Crippen LogP contribution >= 0.6 is 0 Å². The third kappa shape index (κ3) is 3.67. The highest BCUT2D eigenvalue weighted by molar-refractivity contribution is 4.90. The molecule has 4 nitrogen and oxygen atoms in total. The minimum absolute atomic E-state index is 0.333. The molecule has 2 aliphatic carbocycles. The van der Waals surface area contributed by atoms with Gasteiger partial charge in [0.2, 0.25) is 0 Å². The van der Waals surface area contributed by atoms with E-state index in [9.17, 15) is 0 Å². The Hall–Kier alpha value is -0.160. The summed E-state index contributed by atoms with van der Waals surface area (Å²) in [6, 6.07) is 0. The van der Waals surface area contributed by atoms with Crippen LogP contribution in [0, 0.1) is 17.8 Å². The molecule has 0 aromatic heterocycles. The molecule has 0 spiro atoms. The summed E-state index contributed by atoms with van der Waals surface area (Å²) in [4.78, 5) is 0. The topological polar surface area (TPSA) is 80.9 Å². The van der Waals surface area contributed by atoms with Gasteiger partial charge >= 0.3 is 0 Å². The lowest BCUT2D eigenvalue weighted by atomic mass is 9.72. The minimum atomic E-state index is -0.454. The van der Waals surface area contributed by atoms with E-state index in [1.54, 1.807) is 0 Å². The van der Waals surface area contributed by atoms with Gasteiger partial charge in [-0.3, -0.25) is 0 Å². The van der Waals surface area contributed by atoms with Crippen LogP contribution in [0.4, 0.5) is 0 Å². The highest BCUT2D eigenvalue weighted by atomic mass is 16.3. The first-order valence-corrected chi connectivity index (χ1v) is 7.10. The molecule has 0 aromatic rings. The standard InChI is InChI=1S/2C7H14O2/c1-4(2)5-3-6(8)7(5)9;1-2-3-5-4-6(8)7(5)9/h4-9H,3H2,1-2H3;5-9H,2-4H2,1H3. The van der Waals surface area contributed by atoms with Gasteiger partial charge in [0.05, 0.1) is 24.4 Å². The van der Waals surface area contributed by atoms with Gasteiger partial charge in [-0.1, -0.05) is 27.2 Å². The van der Waals surface area contributed by atoms with E-state index in [0.29, 0.717) is 17.8 Å². The smallest absolute Gasteiger partial charge is 0.0830 e. The van der Waals surface area contributed by atoms with Gasteiger partial charge in [0.25, 0.3) is 0 Å². The van der Waals surface area contributed by atoms with Crippen LogP contribution in [0.1, 0.15) is 46.5 Å². The summed E-state index contributed by atoms with van der Waals surface area (Å²) in [7, 11) is 0. The maximum atomic E-state index is 9.10. The molecule has 0 aliphatic heterocycles. The van der Waals surface area contributed by atoms with Crippen LogP contribution in [0.25, 0.3) is 0 Å². The largest absolute Gasteiger partial charge is 0.390 e. The minimum Gasteiger partial charge on any atom is -0.390 e. The first-order valence-electron chi connectivity index (χ1n) is 7.10. The lowest BCUT2D eigenvalue weighted by Gasteiger charge is -2.40. The summed E-state index contributed by atoms with van der Waals surface area (Å²) < 4.78 is 0. The number of hydrogen-bond donors (Lipinski definition) is 4. The molecule has 2 saturated carbocycles. The van der Waals surface area contributed by atoms with Gasteiger partial charge in [-0.2, -0.15) is 0 Å². The van der Waals surface area contributed by atoms with Crippen molar-refractivity contribution < 1.29 is 20.4 Å². The third-order valence-electron chi connectivity index (χ3n) is 4.28. The molecule has 0 aromatic carbocycles. The Morgan fingerprint density at radius 2 is 1.50 bits per heavy atom. The Kier molecular flexibility index (Phi) is 6.05. The second-order valence-electron chi connectivity index (χ2n) is 6.04. The van der Waals surface area contributed by atoms with Crippen LogP contribution in [0.5, 0.6) is 0 Å². The van der Waals surface area contributed by atoms with Crippen LogP contribution < -0.4 is 0 Å². The maximum absolute atomic E-state index is 9.10. The van der Waals surface area contributed by atoms with Gasteiger partial charge in [-0.05, 0) is 37.0 Å². The van der Waals surface area contributed by atoms with Crippen LogP contribution in [0.15, 0.2) is 0 Å². The highest BCUT2D eigenvalue weighted by Crippen LogP contribution is 2.33. The van der Waals surface area contributed by atoms with E-state index < -0.39 is 24.4 Å². The Morgan fingerprint density at radius 1 is 0.944 bits per heavy atom. The number of aliphatic hydroxyl groups excluding tert-OH is 4. The van der Waals surface area contributed by atoms with Gasteiger partial charge in [0.15, 0.2) is 0 Å². The normalized spacial score (nSPS) is 42.7. The molecule has 4 heteroatoms. The summed E-state index contributed by atoms with van der Waals surface area (Å²) in [6.07, 6.45) is 1.98. The quantitative estimate of drug-likeness (QED) is 0.608. The van der Waals surface area contributed by atoms with Crippen molar-refractivity contribution in [2.75, 3.05) is 0 Å². The lowest BCUT2D eigenvalue weighted by molar-refractivity contribution is -0.116. The van der Waals surface area contributed by atoms with Crippen LogP contribution in [0.2, 0.25) is 0 Å². The summed E-state index contributed by atoms with van der Waals surface area (Å²) in [5, 5.41) is 35.9. The molecular weight excluding hydrogens is 232 g/mol. The summed E-state index contributed by atoms with van der Waals surface area (Å²) >= 11 is 0. The van der Waals surface area contributed by atoms with Crippen molar-refractivity contribution in [3.8, 4) is 0 Å². The van der Waals surface area contributed by atoms with Gasteiger partial charge in [-0.15, -0.1) is 0 Å². The fourth-order valence-electron chi connectivity index (χ4n) is 2.68. The second-order valence-corrected chi connectivity index (χ2v) is 6.04. The predicted molar refractivity (Wildman–Crippen MR) is 70.0 cm³/mol. The average molecular weight is 260 g/mol.